The zero-order valence-electron chi connectivity index (χ0n) is 6.10. The first-order valence-corrected chi connectivity index (χ1v) is 2.89. The van der Waals surface area contributed by atoms with Gasteiger partial charge in [0.05, 0.1) is 13.5 Å². The van der Waals surface area contributed by atoms with Crippen molar-refractivity contribution in [3.63, 3.8) is 0 Å². The molecule has 9 heavy (non-hydrogen) atoms. The van der Waals surface area contributed by atoms with Crippen LogP contribution in [0.4, 0.5) is 0 Å². The summed E-state index contributed by atoms with van der Waals surface area (Å²) in [6.45, 7) is 3.80. The maximum absolute atomic E-state index is 10.5. The van der Waals surface area contributed by atoms with Crippen LogP contribution in [0, 0.1) is 0 Å². The quantitative estimate of drug-likeness (QED) is 0.416. The maximum Gasteiger partial charge on any atom is 0.309 e. The number of methoxy groups -OCH3 is 1. The minimum absolute atomic E-state index is 0.175. The largest absolute Gasteiger partial charge is 0.469 e. The van der Waals surface area contributed by atoms with Crippen molar-refractivity contribution in [2.75, 3.05) is 7.11 Å². The summed E-state index contributed by atoms with van der Waals surface area (Å²) in [6, 6.07) is 0. The van der Waals surface area contributed by atoms with Gasteiger partial charge in [-0.15, -0.1) is 0 Å². The molecular formula is C7H12O2. The van der Waals surface area contributed by atoms with Crippen molar-refractivity contribution < 1.29 is 9.53 Å². The summed E-state index contributed by atoms with van der Waals surface area (Å²) in [5, 5.41) is 0. The molecular weight excluding hydrogens is 116 g/mol. The molecule has 0 heterocycles. The summed E-state index contributed by atoms with van der Waals surface area (Å²) in [5.41, 5.74) is 1.04. The van der Waals surface area contributed by atoms with Gasteiger partial charge in [0.1, 0.15) is 0 Å². The van der Waals surface area contributed by atoms with Crippen molar-refractivity contribution in [1.29, 1.82) is 0 Å². The first kappa shape index (κ1) is 8.21. The predicted octanol–water partition coefficient (Wildman–Crippen LogP) is 1.52. The van der Waals surface area contributed by atoms with Crippen LogP contribution in [0.5, 0.6) is 0 Å². The van der Waals surface area contributed by atoms with Gasteiger partial charge in [0.25, 0.3) is 0 Å². The predicted molar refractivity (Wildman–Crippen MR) is 36.1 cm³/mol. The second-order valence-corrected chi connectivity index (χ2v) is 1.89. The van der Waals surface area contributed by atoms with Gasteiger partial charge in [0, 0.05) is 0 Å². The van der Waals surface area contributed by atoms with Crippen LogP contribution in [0.3, 0.4) is 0 Å². The van der Waals surface area contributed by atoms with E-state index in [9.17, 15) is 4.79 Å². The first-order chi connectivity index (χ1) is 4.20. The molecule has 0 fully saturated rings. The van der Waals surface area contributed by atoms with Crippen LogP contribution in [0.1, 0.15) is 20.3 Å². The van der Waals surface area contributed by atoms with Gasteiger partial charge in [-0.2, -0.15) is 0 Å². The van der Waals surface area contributed by atoms with Gasteiger partial charge in [0.15, 0.2) is 0 Å². The van der Waals surface area contributed by atoms with Crippen molar-refractivity contribution in [3.05, 3.63) is 11.6 Å². The second-order valence-electron chi connectivity index (χ2n) is 1.89. The van der Waals surface area contributed by atoms with Crippen LogP contribution in [0.2, 0.25) is 0 Å². The van der Waals surface area contributed by atoms with E-state index in [-0.39, 0.29) is 5.97 Å². The van der Waals surface area contributed by atoms with E-state index in [0.717, 1.165) is 5.57 Å². The van der Waals surface area contributed by atoms with Gasteiger partial charge in [-0.3, -0.25) is 4.79 Å². The molecule has 0 unspecified atom stereocenters. The minimum atomic E-state index is -0.175. The molecule has 0 N–H and O–H groups in total. The minimum Gasteiger partial charge on any atom is -0.469 e. The van der Waals surface area contributed by atoms with Crippen LogP contribution in [0.25, 0.3) is 0 Å². The fourth-order valence-electron chi connectivity index (χ4n) is 0.402. The Bertz CT molecular complexity index is 125. The highest BCUT2D eigenvalue weighted by molar-refractivity contribution is 5.71. The molecule has 0 aliphatic carbocycles. The molecule has 2 heteroatoms. The van der Waals surface area contributed by atoms with Gasteiger partial charge in [-0.1, -0.05) is 11.6 Å². The SMILES string of the molecule is CC=C(C)CC(=O)OC. The van der Waals surface area contributed by atoms with Crippen molar-refractivity contribution >= 4 is 5.97 Å². The zero-order chi connectivity index (χ0) is 7.28. The number of esters is 1. The van der Waals surface area contributed by atoms with E-state index in [1.165, 1.54) is 7.11 Å². The smallest absolute Gasteiger partial charge is 0.309 e. The van der Waals surface area contributed by atoms with Gasteiger partial charge < -0.3 is 4.74 Å². The number of ether oxygens (including phenoxy) is 1. The Labute approximate surface area is 55.5 Å². The topological polar surface area (TPSA) is 26.3 Å². The van der Waals surface area contributed by atoms with E-state index in [1.54, 1.807) is 0 Å². The monoisotopic (exact) mass is 128 g/mol. The fraction of sp³-hybridized carbons (Fsp3) is 0.571. The molecule has 0 aromatic heterocycles. The summed E-state index contributed by atoms with van der Waals surface area (Å²) in [5.74, 6) is -0.175. The lowest BCUT2D eigenvalue weighted by molar-refractivity contribution is -0.139. The number of hydrogen-bond donors (Lipinski definition) is 0. The molecule has 0 aromatic carbocycles. The number of carbonyl (C=O) groups is 1. The van der Waals surface area contributed by atoms with Crippen molar-refractivity contribution in [3.8, 4) is 0 Å². The molecule has 0 radical (unpaired) electrons. The van der Waals surface area contributed by atoms with Gasteiger partial charge in [-0.05, 0) is 13.8 Å². The average Bonchev–Trinajstić information content (AvgIpc) is 1.87. The molecule has 0 aliphatic heterocycles. The third-order valence-electron chi connectivity index (χ3n) is 1.14. The molecule has 2 nitrogen and oxygen atoms in total. The lowest BCUT2D eigenvalue weighted by Gasteiger charge is -1.96. The Hall–Kier alpha value is -0.790. The molecule has 0 rings (SSSR count). The summed E-state index contributed by atoms with van der Waals surface area (Å²) in [7, 11) is 1.39. The summed E-state index contributed by atoms with van der Waals surface area (Å²) in [4.78, 5) is 10.5. The lowest BCUT2D eigenvalue weighted by atomic mass is 10.2. The number of carbonyl (C=O) groups excluding carboxylic acids is 1. The van der Waals surface area contributed by atoms with E-state index in [0.29, 0.717) is 6.42 Å². The summed E-state index contributed by atoms with van der Waals surface area (Å²) >= 11 is 0. The van der Waals surface area contributed by atoms with E-state index in [1.807, 2.05) is 19.9 Å². The normalized spacial score (nSPS) is 11.2. The maximum atomic E-state index is 10.5. The number of rotatable bonds is 2. The van der Waals surface area contributed by atoms with E-state index in [4.69, 9.17) is 0 Å². The molecule has 0 spiro atoms. The first-order valence-electron chi connectivity index (χ1n) is 2.89. The van der Waals surface area contributed by atoms with Gasteiger partial charge >= 0.3 is 5.97 Å². The van der Waals surface area contributed by atoms with Crippen molar-refractivity contribution in [2.45, 2.75) is 20.3 Å². The Morgan fingerprint density at radius 2 is 2.22 bits per heavy atom. The van der Waals surface area contributed by atoms with Crippen LogP contribution >= 0.6 is 0 Å². The standard InChI is InChI=1S/C7H12O2/c1-4-6(2)5-7(8)9-3/h4H,5H2,1-3H3. The van der Waals surface area contributed by atoms with Crippen molar-refractivity contribution in [2.24, 2.45) is 0 Å². The summed E-state index contributed by atoms with van der Waals surface area (Å²) < 4.78 is 4.44. The molecule has 0 saturated heterocycles. The second kappa shape index (κ2) is 4.13. The average molecular weight is 128 g/mol. The van der Waals surface area contributed by atoms with Crippen LogP contribution in [-0.2, 0) is 9.53 Å². The van der Waals surface area contributed by atoms with E-state index >= 15 is 0 Å². The Morgan fingerprint density at radius 1 is 1.67 bits per heavy atom. The fourth-order valence-corrected chi connectivity index (χ4v) is 0.402. The third-order valence-corrected chi connectivity index (χ3v) is 1.14. The highest BCUT2D eigenvalue weighted by Crippen LogP contribution is 1.99. The Morgan fingerprint density at radius 3 is 2.56 bits per heavy atom. The van der Waals surface area contributed by atoms with Gasteiger partial charge in [0.2, 0.25) is 0 Å². The Balaban J connectivity index is 3.60. The molecule has 0 aliphatic rings. The molecule has 0 bridgehead atoms. The Kier molecular flexibility index (Phi) is 3.76. The molecule has 0 saturated carbocycles. The van der Waals surface area contributed by atoms with Crippen molar-refractivity contribution in [1.82, 2.24) is 0 Å². The number of allylic oxidation sites excluding steroid dienone is 1. The van der Waals surface area contributed by atoms with E-state index < -0.39 is 0 Å². The third kappa shape index (κ3) is 3.76. The van der Waals surface area contributed by atoms with Gasteiger partial charge in [-0.25, -0.2) is 0 Å². The highest BCUT2D eigenvalue weighted by Gasteiger charge is 1.98. The highest BCUT2D eigenvalue weighted by atomic mass is 16.5. The summed E-state index contributed by atoms with van der Waals surface area (Å²) in [6.07, 6.45) is 2.31. The zero-order valence-corrected chi connectivity index (χ0v) is 6.10. The lowest BCUT2D eigenvalue weighted by Crippen LogP contribution is -1.99. The molecule has 52 valence electrons. The van der Waals surface area contributed by atoms with Crippen LogP contribution in [0.15, 0.2) is 11.6 Å². The molecule has 0 amide bonds. The number of hydrogen-bond acceptors (Lipinski definition) is 2. The molecule has 0 atom stereocenters. The van der Waals surface area contributed by atoms with Crippen LogP contribution < -0.4 is 0 Å². The molecule has 0 aromatic rings. The van der Waals surface area contributed by atoms with E-state index in [2.05, 4.69) is 4.74 Å². The van der Waals surface area contributed by atoms with Crippen LogP contribution in [-0.4, -0.2) is 13.1 Å².